The third-order valence-corrected chi connectivity index (χ3v) is 4.13. The van der Waals surface area contributed by atoms with Crippen molar-refractivity contribution >= 4 is 52.1 Å². The molecular weight excluding hydrogens is 321 g/mol. The molecule has 100 valence electrons. The predicted octanol–water partition coefficient (Wildman–Crippen LogP) is 4.00. The molecule has 0 amide bonds. The van der Waals surface area contributed by atoms with Gasteiger partial charge in [-0.05, 0) is 12.1 Å². The van der Waals surface area contributed by atoms with Gasteiger partial charge in [-0.15, -0.1) is 0 Å². The Labute approximate surface area is 129 Å². The zero-order valence-electron chi connectivity index (χ0n) is 9.84. The number of carbonyl (C=O) groups is 2. The van der Waals surface area contributed by atoms with Crippen molar-refractivity contribution in [1.82, 2.24) is 0 Å². The Morgan fingerprint density at radius 3 is 2.20 bits per heavy atom. The van der Waals surface area contributed by atoms with E-state index in [1.807, 2.05) is 0 Å². The number of nitrogens with two attached hydrogens (primary N) is 1. The maximum atomic E-state index is 12.5. The summed E-state index contributed by atoms with van der Waals surface area (Å²) in [4.78, 5) is 25.1. The molecule has 6 heteroatoms. The van der Waals surface area contributed by atoms with Gasteiger partial charge in [-0.1, -0.05) is 46.9 Å². The van der Waals surface area contributed by atoms with Crippen LogP contribution in [-0.2, 0) is 0 Å². The number of hydrogen-bond acceptors (Lipinski definition) is 3. The summed E-state index contributed by atoms with van der Waals surface area (Å²) in [5.41, 5.74) is 6.33. The van der Waals surface area contributed by atoms with Gasteiger partial charge in [0, 0.05) is 5.56 Å². The summed E-state index contributed by atoms with van der Waals surface area (Å²) >= 11 is 18.0. The average Bonchev–Trinajstić information content (AvgIpc) is 2.40. The van der Waals surface area contributed by atoms with Gasteiger partial charge in [-0.2, -0.15) is 0 Å². The second kappa shape index (κ2) is 4.48. The number of hydrogen-bond donors (Lipinski definition) is 1. The molecule has 0 unspecified atom stereocenters. The second-order valence-corrected chi connectivity index (χ2v) is 5.55. The molecule has 0 bridgehead atoms. The molecule has 0 spiro atoms. The molecule has 0 heterocycles. The normalized spacial score (nSPS) is 13.2. The molecule has 0 radical (unpaired) electrons. The maximum Gasteiger partial charge on any atom is 0.197 e. The summed E-state index contributed by atoms with van der Waals surface area (Å²) in [6.07, 6.45) is 0. The van der Waals surface area contributed by atoms with Gasteiger partial charge in [0.15, 0.2) is 11.6 Å². The van der Waals surface area contributed by atoms with Crippen LogP contribution in [0.15, 0.2) is 24.3 Å². The summed E-state index contributed by atoms with van der Waals surface area (Å²) in [5.74, 6) is -0.826. The van der Waals surface area contributed by atoms with Crippen LogP contribution in [0.25, 0.3) is 0 Å². The van der Waals surface area contributed by atoms with Gasteiger partial charge in [0.1, 0.15) is 0 Å². The number of fused-ring (bicyclic) bond motifs is 2. The molecule has 1 aliphatic carbocycles. The summed E-state index contributed by atoms with van der Waals surface area (Å²) < 4.78 is 0. The van der Waals surface area contributed by atoms with Crippen molar-refractivity contribution in [3.05, 3.63) is 61.6 Å². The minimum absolute atomic E-state index is 0.0438. The fourth-order valence-corrected chi connectivity index (χ4v) is 3.11. The molecule has 20 heavy (non-hydrogen) atoms. The number of halogens is 3. The number of anilines is 1. The summed E-state index contributed by atoms with van der Waals surface area (Å²) in [7, 11) is 0. The molecule has 0 atom stereocenters. The predicted molar refractivity (Wildman–Crippen MR) is 79.2 cm³/mol. The van der Waals surface area contributed by atoms with E-state index in [1.54, 1.807) is 12.1 Å². The van der Waals surface area contributed by atoms with Crippen molar-refractivity contribution in [2.45, 2.75) is 0 Å². The van der Waals surface area contributed by atoms with E-state index >= 15 is 0 Å². The van der Waals surface area contributed by atoms with Crippen LogP contribution >= 0.6 is 34.8 Å². The van der Waals surface area contributed by atoms with Crippen LogP contribution in [0.1, 0.15) is 31.8 Å². The Morgan fingerprint density at radius 2 is 1.50 bits per heavy atom. The molecule has 2 N–H and O–H groups in total. The monoisotopic (exact) mass is 325 g/mol. The van der Waals surface area contributed by atoms with Crippen molar-refractivity contribution < 1.29 is 9.59 Å². The first-order valence-corrected chi connectivity index (χ1v) is 6.72. The fourth-order valence-electron chi connectivity index (χ4n) is 2.30. The van der Waals surface area contributed by atoms with E-state index < -0.39 is 11.6 Å². The molecule has 3 nitrogen and oxygen atoms in total. The van der Waals surface area contributed by atoms with Crippen LogP contribution < -0.4 is 5.73 Å². The lowest BCUT2D eigenvalue weighted by Gasteiger charge is -2.21. The highest BCUT2D eigenvalue weighted by Gasteiger charge is 2.35. The smallest absolute Gasteiger partial charge is 0.197 e. The fraction of sp³-hybridized carbons (Fsp3) is 0. The van der Waals surface area contributed by atoms with Crippen LogP contribution in [0.2, 0.25) is 15.1 Å². The molecule has 2 aromatic rings. The van der Waals surface area contributed by atoms with Gasteiger partial charge in [-0.3, -0.25) is 9.59 Å². The van der Waals surface area contributed by atoms with Crippen LogP contribution in [0.4, 0.5) is 5.69 Å². The summed E-state index contributed by atoms with van der Waals surface area (Å²) in [5, 5.41) is 0.430. The highest BCUT2D eigenvalue weighted by Crippen LogP contribution is 2.40. The molecule has 0 aliphatic heterocycles. The van der Waals surface area contributed by atoms with Gasteiger partial charge >= 0.3 is 0 Å². The van der Waals surface area contributed by atoms with E-state index in [4.69, 9.17) is 40.5 Å². The lowest BCUT2D eigenvalue weighted by molar-refractivity contribution is 0.0980. The number of ketones is 2. The van der Waals surface area contributed by atoms with Crippen molar-refractivity contribution in [2.24, 2.45) is 0 Å². The molecule has 0 saturated carbocycles. The molecule has 1 aliphatic rings. The lowest BCUT2D eigenvalue weighted by atomic mass is 9.83. The maximum absolute atomic E-state index is 12.5. The zero-order valence-corrected chi connectivity index (χ0v) is 12.1. The number of carbonyl (C=O) groups excluding carboxylic acids is 2. The quantitative estimate of drug-likeness (QED) is 0.635. The molecular formula is C14H6Cl3NO2. The van der Waals surface area contributed by atoms with Gasteiger partial charge in [0.25, 0.3) is 0 Å². The Kier molecular flexibility index (Phi) is 3.01. The van der Waals surface area contributed by atoms with Gasteiger partial charge in [-0.25, -0.2) is 0 Å². The van der Waals surface area contributed by atoms with E-state index in [1.165, 1.54) is 12.1 Å². The van der Waals surface area contributed by atoms with Crippen LogP contribution in [0, 0.1) is 0 Å². The Bertz CT molecular complexity index is 799. The molecule has 2 aromatic carbocycles. The van der Waals surface area contributed by atoms with E-state index in [2.05, 4.69) is 0 Å². The Balaban J connectivity index is 2.44. The zero-order chi connectivity index (χ0) is 14.6. The first-order valence-electron chi connectivity index (χ1n) is 5.59. The van der Waals surface area contributed by atoms with Crippen molar-refractivity contribution in [3.63, 3.8) is 0 Å². The van der Waals surface area contributed by atoms with E-state index in [-0.39, 0.29) is 43.0 Å². The van der Waals surface area contributed by atoms with Gasteiger partial charge in [0.05, 0.1) is 37.4 Å². The lowest BCUT2D eigenvalue weighted by Crippen LogP contribution is -2.23. The van der Waals surface area contributed by atoms with Crippen molar-refractivity contribution in [2.75, 3.05) is 5.73 Å². The second-order valence-electron chi connectivity index (χ2n) is 4.32. The third kappa shape index (κ3) is 1.67. The summed E-state index contributed by atoms with van der Waals surface area (Å²) in [6, 6.07) is 6.02. The highest BCUT2D eigenvalue weighted by molar-refractivity contribution is 6.45. The van der Waals surface area contributed by atoms with Crippen LogP contribution in [0.5, 0.6) is 0 Å². The minimum Gasteiger partial charge on any atom is -0.397 e. The number of rotatable bonds is 0. The molecule has 0 fully saturated rings. The Hall–Kier alpha value is -1.55. The van der Waals surface area contributed by atoms with Crippen LogP contribution in [-0.4, -0.2) is 11.6 Å². The first-order chi connectivity index (χ1) is 9.43. The average molecular weight is 327 g/mol. The Morgan fingerprint density at radius 1 is 0.800 bits per heavy atom. The number of benzene rings is 2. The van der Waals surface area contributed by atoms with Crippen molar-refractivity contribution in [1.29, 1.82) is 0 Å². The minimum atomic E-state index is -0.423. The highest BCUT2D eigenvalue weighted by atomic mass is 35.5. The van der Waals surface area contributed by atoms with E-state index in [9.17, 15) is 9.59 Å². The van der Waals surface area contributed by atoms with Crippen molar-refractivity contribution in [3.8, 4) is 0 Å². The van der Waals surface area contributed by atoms with Crippen LogP contribution in [0.3, 0.4) is 0 Å². The summed E-state index contributed by atoms with van der Waals surface area (Å²) in [6.45, 7) is 0. The largest absolute Gasteiger partial charge is 0.397 e. The standard InChI is InChI=1S/C14H6Cl3NO2/c15-6-3-1-2-5-9(6)14(20)10-7(16)4-8(17)12(18)11(10)13(5)19/h1-4H,18H2. The molecule has 0 aromatic heterocycles. The SMILES string of the molecule is Nc1c(Cl)cc(Cl)c2c1C(=O)c1cccc(Cl)c1C2=O. The van der Waals surface area contributed by atoms with E-state index in [0.29, 0.717) is 0 Å². The van der Waals surface area contributed by atoms with Gasteiger partial charge < -0.3 is 5.73 Å². The van der Waals surface area contributed by atoms with Gasteiger partial charge in [0.2, 0.25) is 0 Å². The number of nitrogen functional groups attached to an aromatic ring is 1. The first kappa shape index (κ1) is 13.4. The third-order valence-electron chi connectivity index (χ3n) is 3.21. The topological polar surface area (TPSA) is 60.2 Å². The van der Waals surface area contributed by atoms with E-state index in [0.717, 1.165) is 0 Å². The molecule has 0 saturated heterocycles. The molecule has 3 rings (SSSR count).